The molecule has 0 N–H and O–H groups in total. The molecule has 0 aliphatic heterocycles. The molecular formula is C21H16Cl2F3N3O2. The zero-order valence-corrected chi connectivity index (χ0v) is 17.9. The number of amides is 1. The van der Waals surface area contributed by atoms with Gasteiger partial charge >= 0.3 is 6.18 Å². The topological polar surface area (TPSA) is 55.2 Å². The molecule has 0 aliphatic carbocycles. The summed E-state index contributed by atoms with van der Waals surface area (Å²) in [5, 5.41) is 4.63. The molecule has 0 atom stereocenters. The van der Waals surface area contributed by atoms with Gasteiger partial charge < -0.3 is 4.90 Å². The van der Waals surface area contributed by atoms with E-state index in [4.69, 9.17) is 23.2 Å². The van der Waals surface area contributed by atoms with Crippen molar-refractivity contribution in [1.29, 1.82) is 0 Å². The van der Waals surface area contributed by atoms with Crippen LogP contribution in [0.3, 0.4) is 0 Å². The second-order valence-corrected chi connectivity index (χ2v) is 7.65. The Bertz CT molecular complexity index is 1210. The van der Waals surface area contributed by atoms with Crippen molar-refractivity contribution in [3.63, 3.8) is 0 Å². The molecule has 0 saturated carbocycles. The summed E-state index contributed by atoms with van der Waals surface area (Å²) in [5.41, 5.74) is -1.59. The fraction of sp³-hybridized carbons (Fsp3) is 0.190. The summed E-state index contributed by atoms with van der Waals surface area (Å²) in [7, 11) is 1.44. The van der Waals surface area contributed by atoms with Gasteiger partial charge in [-0.2, -0.15) is 18.3 Å². The lowest BCUT2D eigenvalue weighted by atomic mass is 10.1. The Hall–Kier alpha value is -2.84. The Kier molecular flexibility index (Phi) is 6.43. The van der Waals surface area contributed by atoms with Crippen molar-refractivity contribution in [1.82, 2.24) is 14.7 Å². The summed E-state index contributed by atoms with van der Waals surface area (Å²) in [4.78, 5) is 26.5. The van der Waals surface area contributed by atoms with Crippen LogP contribution < -0.4 is 5.43 Å². The van der Waals surface area contributed by atoms with Crippen molar-refractivity contribution >= 4 is 29.1 Å². The Balaban J connectivity index is 2.01. The molecule has 31 heavy (non-hydrogen) atoms. The summed E-state index contributed by atoms with van der Waals surface area (Å²) >= 11 is 11.9. The van der Waals surface area contributed by atoms with E-state index in [0.717, 1.165) is 16.8 Å². The molecular weight excluding hydrogens is 454 g/mol. The van der Waals surface area contributed by atoms with Gasteiger partial charge in [-0.25, -0.2) is 4.68 Å². The maximum atomic E-state index is 13.4. The summed E-state index contributed by atoms with van der Waals surface area (Å²) < 4.78 is 41.3. The molecule has 0 saturated heterocycles. The molecule has 162 valence electrons. The standard InChI is InChI=1S/C21H16Cl2F3N3O2/c1-12-9-18(30)19(20(31)28(2)11-13-7-8-15(22)16(23)10-13)27-29(12)17-6-4-3-5-14(17)21(24,25)26/h3-10H,11H2,1-2H3. The van der Waals surface area contributed by atoms with Crippen LogP contribution in [-0.4, -0.2) is 27.6 Å². The number of rotatable bonds is 4. The van der Waals surface area contributed by atoms with Gasteiger partial charge in [-0.05, 0) is 36.8 Å². The fourth-order valence-electron chi connectivity index (χ4n) is 3.00. The van der Waals surface area contributed by atoms with Crippen LogP contribution in [0.25, 0.3) is 5.69 Å². The molecule has 0 bridgehead atoms. The first kappa shape index (κ1) is 22.8. The van der Waals surface area contributed by atoms with Gasteiger partial charge in [-0.1, -0.05) is 41.4 Å². The van der Waals surface area contributed by atoms with E-state index in [2.05, 4.69) is 5.10 Å². The maximum Gasteiger partial charge on any atom is 0.418 e. The third-order valence-corrected chi connectivity index (χ3v) is 5.24. The van der Waals surface area contributed by atoms with Crippen molar-refractivity contribution < 1.29 is 18.0 Å². The van der Waals surface area contributed by atoms with Gasteiger partial charge in [0.15, 0.2) is 5.69 Å². The van der Waals surface area contributed by atoms with E-state index < -0.39 is 28.8 Å². The van der Waals surface area contributed by atoms with Crippen LogP contribution in [0.2, 0.25) is 10.0 Å². The van der Waals surface area contributed by atoms with Crippen molar-refractivity contribution in [2.45, 2.75) is 19.6 Å². The number of benzene rings is 2. The second-order valence-electron chi connectivity index (χ2n) is 6.83. The van der Waals surface area contributed by atoms with Gasteiger partial charge in [0.25, 0.3) is 5.91 Å². The van der Waals surface area contributed by atoms with E-state index in [1.807, 2.05) is 0 Å². The zero-order chi connectivity index (χ0) is 22.9. The number of hydrogen-bond donors (Lipinski definition) is 0. The van der Waals surface area contributed by atoms with E-state index in [0.29, 0.717) is 15.6 Å². The number of aromatic nitrogens is 2. The van der Waals surface area contributed by atoms with Crippen LogP contribution in [0.15, 0.2) is 53.3 Å². The number of alkyl halides is 3. The van der Waals surface area contributed by atoms with Gasteiger partial charge in [-0.3, -0.25) is 9.59 Å². The molecule has 3 rings (SSSR count). The van der Waals surface area contributed by atoms with Gasteiger partial charge in [0.1, 0.15) is 0 Å². The molecule has 1 heterocycles. The number of aryl methyl sites for hydroxylation is 1. The van der Waals surface area contributed by atoms with Crippen molar-refractivity contribution in [2.24, 2.45) is 0 Å². The highest BCUT2D eigenvalue weighted by atomic mass is 35.5. The van der Waals surface area contributed by atoms with Crippen LogP contribution in [0.1, 0.15) is 27.3 Å². The van der Waals surface area contributed by atoms with Gasteiger partial charge in [0, 0.05) is 25.4 Å². The lowest BCUT2D eigenvalue weighted by Crippen LogP contribution is -2.33. The molecule has 2 aromatic carbocycles. The molecule has 5 nitrogen and oxygen atoms in total. The average Bonchev–Trinajstić information content (AvgIpc) is 2.70. The first-order valence-corrected chi connectivity index (χ1v) is 9.71. The summed E-state index contributed by atoms with van der Waals surface area (Å²) in [6.45, 7) is 1.53. The van der Waals surface area contributed by atoms with E-state index in [1.165, 1.54) is 37.1 Å². The average molecular weight is 470 g/mol. The molecule has 0 radical (unpaired) electrons. The van der Waals surface area contributed by atoms with Crippen molar-refractivity contribution in [3.05, 3.63) is 91.3 Å². The number of para-hydroxylation sites is 1. The van der Waals surface area contributed by atoms with Crippen LogP contribution in [0.5, 0.6) is 0 Å². The van der Waals surface area contributed by atoms with E-state index in [1.54, 1.807) is 18.2 Å². The quantitative estimate of drug-likeness (QED) is 0.531. The molecule has 1 amide bonds. The van der Waals surface area contributed by atoms with Crippen LogP contribution in [0, 0.1) is 6.92 Å². The van der Waals surface area contributed by atoms with Crippen LogP contribution in [0.4, 0.5) is 13.2 Å². The summed E-state index contributed by atoms with van der Waals surface area (Å²) in [6, 6.07) is 10.7. The summed E-state index contributed by atoms with van der Waals surface area (Å²) in [5.74, 6) is -0.741. The highest BCUT2D eigenvalue weighted by Crippen LogP contribution is 2.33. The number of carbonyl (C=O) groups excluding carboxylic acids is 1. The van der Waals surface area contributed by atoms with E-state index in [9.17, 15) is 22.8 Å². The molecule has 3 aromatic rings. The Morgan fingerprint density at radius 1 is 1.10 bits per heavy atom. The minimum atomic E-state index is -4.64. The Labute approximate surface area is 185 Å². The van der Waals surface area contributed by atoms with Gasteiger partial charge in [0.2, 0.25) is 5.43 Å². The normalized spacial score (nSPS) is 11.5. The third-order valence-electron chi connectivity index (χ3n) is 4.50. The largest absolute Gasteiger partial charge is 0.418 e. The van der Waals surface area contributed by atoms with Gasteiger partial charge in [-0.15, -0.1) is 0 Å². The maximum absolute atomic E-state index is 13.4. The van der Waals surface area contributed by atoms with Crippen molar-refractivity contribution in [3.8, 4) is 5.69 Å². The summed E-state index contributed by atoms with van der Waals surface area (Å²) in [6.07, 6.45) is -4.64. The second kappa shape index (κ2) is 8.72. The smallest absolute Gasteiger partial charge is 0.336 e. The number of nitrogens with zero attached hydrogens (tertiary/aromatic N) is 3. The van der Waals surface area contributed by atoms with Crippen LogP contribution >= 0.6 is 23.2 Å². The molecule has 0 aliphatic rings. The molecule has 0 unspecified atom stereocenters. The molecule has 10 heteroatoms. The zero-order valence-electron chi connectivity index (χ0n) is 16.4. The first-order valence-electron chi connectivity index (χ1n) is 8.96. The first-order chi connectivity index (χ1) is 14.5. The fourth-order valence-corrected chi connectivity index (χ4v) is 3.32. The number of halogens is 5. The monoisotopic (exact) mass is 469 g/mol. The predicted molar refractivity (Wildman–Crippen MR) is 112 cm³/mol. The van der Waals surface area contributed by atoms with E-state index in [-0.39, 0.29) is 17.9 Å². The predicted octanol–water partition coefficient (Wildman–Crippen LogP) is 5.14. The van der Waals surface area contributed by atoms with Gasteiger partial charge in [0.05, 0.1) is 21.3 Å². The lowest BCUT2D eigenvalue weighted by Gasteiger charge is -2.19. The Morgan fingerprint density at radius 2 is 1.77 bits per heavy atom. The van der Waals surface area contributed by atoms with E-state index >= 15 is 0 Å². The SMILES string of the molecule is Cc1cc(=O)c(C(=O)N(C)Cc2ccc(Cl)c(Cl)c2)nn1-c1ccccc1C(F)(F)F. The highest BCUT2D eigenvalue weighted by molar-refractivity contribution is 6.42. The molecule has 0 fully saturated rings. The Morgan fingerprint density at radius 3 is 2.42 bits per heavy atom. The third kappa shape index (κ3) is 4.91. The highest BCUT2D eigenvalue weighted by Gasteiger charge is 2.34. The minimum absolute atomic E-state index is 0.0872. The van der Waals surface area contributed by atoms with Crippen LogP contribution in [-0.2, 0) is 12.7 Å². The number of hydrogen-bond acceptors (Lipinski definition) is 3. The number of carbonyl (C=O) groups is 1. The van der Waals surface area contributed by atoms with Crippen molar-refractivity contribution in [2.75, 3.05) is 7.05 Å². The minimum Gasteiger partial charge on any atom is -0.336 e. The lowest BCUT2D eigenvalue weighted by molar-refractivity contribution is -0.137. The molecule has 0 spiro atoms. The molecule has 1 aromatic heterocycles.